The second-order valence-corrected chi connectivity index (χ2v) is 4.27. The Kier molecular flexibility index (Phi) is 1.81. The summed E-state index contributed by atoms with van der Waals surface area (Å²) >= 11 is 0. The zero-order valence-electron chi connectivity index (χ0n) is 12.6. The number of amides is 4. The standard InChI is InChI=1S/C13H10N2O4/c16-10-6-5-9(11(17)14-10)15-12(18)7-3-1-2-4-8(7)13(15)19/h1-4,9H,5-6H2,(H,14,16,17)/i1D,2D,3D. The summed E-state index contributed by atoms with van der Waals surface area (Å²) in [5, 5.41) is 2.07. The third-order valence-corrected chi connectivity index (χ3v) is 3.15. The van der Waals surface area contributed by atoms with Crippen LogP contribution >= 0.6 is 0 Å². The number of imide groups is 2. The van der Waals surface area contributed by atoms with Crippen LogP contribution in [0.3, 0.4) is 0 Å². The number of hydrogen-bond acceptors (Lipinski definition) is 4. The molecule has 0 saturated carbocycles. The molecule has 6 heteroatoms. The van der Waals surface area contributed by atoms with Crippen LogP contribution in [-0.2, 0) is 9.59 Å². The molecule has 1 aromatic rings. The third-order valence-electron chi connectivity index (χ3n) is 3.15. The number of fused-ring (bicyclic) bond motifs is 1. The first-order valence-corrected chi connectivity index (χ1v) is 5.65. The summed E-state index contributed by atoms with van der Waals surface area (Å²) in [6, 6.07) is -1.36. The van der Waals surface area contributed by atoms with Gasteiger partial charge in [0.15, 0.2) is 0 Å². The Labute approximate surface area is 112 Å². The van der Waals surface area contributed by atoms with Crippen LogP contribution < -0.4 is 5.32 Å². The Bertz CT molecular complexity index is 762. The molecule has 6 nitrogen and oxygen atoms in total. The monoisotopic (exact) mass is 261 g/mol. The molecule has 0 aliphatic carbocycles. The maximum Gasteiger partial charge on any atom is 0.262 e. The molecule has 0 spiro atoms. The maximum atomic E-state index is 12.4. The molecule has 1 unspecified atom stereocenters. The van der Waals surface area contributed by atoms with Gasteiger partial charge in [0.2, 0.25) is 11.8 Å². The average Bonchev–Trinajstić information content (AvgIpc) is 2.69. The lowest BCUT2D eigenvalue weighted by Gasteiger charge is -2.27. The van der Waals surface area contributed by atoms with Crippen molar-refractivity contribution in [2.75, 3.05) is 0 Å². The summed E-state index contributed by atoms with van der Waals surface area (Å²) in [5.74, 6) is -2.83. The number of carbonyl (C=O) groups excluding carboxylic acids is 4. The highest BCUT2D eigenvalue weighted by Crippen LogP contribution is 2.26. The molecule has 2 aliphatic rings. The van der Waals surface area contributed by atoms with Gasteiger partial charge in [-0.2, -0.15) is 0 Å². The van der Waals surface area contributed by atoms with E-state index in [1.54, 1.807) is 0 Å². The molecule has 4 amide bonds. The molecule has 0 bridgehead atoms. The Morgan fingerprint density at radius 2 is 1.89 bits per heavy atom. The third kappa shape index (κ3) is 1.64. The molecule has 1 saturated heterocycles. The van der Waals surface area contributed by atoms with Crippen molar-refractivity contribution in [3.05, 3.63) is 35.3 Å². The van der Waals surface area contributed by atoms with E-state index in [2.05, 4.69) is 5.32 Å². The first kappa shape index (κ1) is 8.58. The fraction of sp³-hybridized carbons (Fsp3) is 0.231. The Balaban J connectivity index is 2.06. The molecular weight excluding hydrogens is 248 g/mol. The number of nitrogens with zero attached hydrogens (tertiary/aromatic N) is 1. The molecule has 3 rings (SSSR count). The van der Waals surface area contributed by atoms with Crippen molar-refractivity contribution in [1.82, 2.24) is 10.2 Å². The Morgan fingerprint density at radius 1 is 1.16 bits per heavy atom. The predicted octanol–water partition coefficient (Wildman–Crippen LogP) is 0.0878. The van der Waals surface area contributed by atoms with Gasteiger partial charge in [-0.3, -0.25) is 29.4 Å². The number of benzene rings is 1. The normalized spacial score (nSPS) is 24.7. The topological polar surface area (TPSA) is 83.6 Å². The van der Waals surface area contributed by atoms with Gasteiger partial charge in [-0.25, -0.2) is 0 Å². The van der Waals surface area contributed by atoms with E-state index in [1.165, 1.54) is 0 Å². The van der Waals surface area contributed by atoms with Crippen LogP contribution in [0.2, 0.25) is 0 Å². The van der Waals surface area contributed by atoms with Gasteiger partial charge in [-0.15, -0.1) is 0 Å². The number of hydrogen-bond donors (Lipinski definition) is 1. The molecule has 2 heterocycles. The van der Waals surface area contributed by atoms with Gasteiger partial charge in [0, 0.05) is 6.42 Å². The minimum atomic E-state index is -1.12. The fourth-order valence-electron chi connectivity index (χ4n) is 2.24. The lowest BCUT2D eigenvalue weighted by atomic mass is 10.0. The van der Waals surface area contributed by atoms with E-state index in [1.807, 2.05) is 0 Å². The van der Waals surface area contributed by atoms with Crippen molar-refractivity contribution in [2.45, 2.75) is 18.9 Å². The number of rotatable bonds is 1. The van der Waals surface area contributed by atoms with Crippen LogP contribution in [0.15, 0.2) is 24.2 Å². The summed E-state index contributed by atoms with van der Waals surface area (Å²) in [4.78, 5) is 48.5. The van der Waals surface area contributed by atoms with Crippen LogP contribution in [0.25, 0.3) is 0 Å². The van der Waals surface area contributed by atoms with Crippen LogP contribution in [-0.4, -0.2) is 34.6 Å². The van der Waals surface area contributed by atoms with E-state index in [0.29, 0.717) is 4.90 Å². The van der Waals surface area contributed by atoms with Gasteiger partial charge in [0.05, 0.1) is 15.2 Å². The predicted molar refractivity (Wildman–Crippen MR) is 63.1 cm³/mol. The smallest absolute Gasteiger partial charge is 0.262 e. The first-order valence-electron chi connectivity index (χ1n) is 7.15. The van der Waals surface area contributed by atoms with E-state index >= 15 is 0 Å². The van der Waals surface area contributed by atoms with Gasteiger partial charge >= 0.3 is 0 Å². The van der Waals surface area contributed by atoms with Gasteiger partial charge in [-0.1, -0.05) is 12.1 Å². The van der Waals surface area contributed by atoms with Crippen LogP contribution in [0.1, 0.15) is 37.7 Å². The fourth-order valence-corrected chi connectivity index (χ4v) is 2.24. The molecular formula is C13H10N2O4. The lowest BCUT2D eigenvalue weighted by molar-refractivity contribution is -0.136. The highest BCUT2D eigenvalue weighted by atomic mass is 16.2. The van der Waals surface area contributed by atoms with E-state index in [4.69, 9.17) is 4.11 Å². The quantitative estimate of drug-likeness (QED) is 0.726. The van der Waals surface area contributed by atoms with Gasteiger partial charge in [0.1, 0.15) is 6.04 Å². The second-order valence-electron chi connectivity index (χ2n) is 4.27. The van der Waals surface area contributed by atoms with E-state index < -0.39 is 41.8 Å². The summed E-state index contributed by atoms with van der Waals surface area (Å²) < 4.78 is 22.9. The summed E-state index contributed by atoms with van der Waals surface area (Å²) in [6.07, 6.45) is 0.0237. The number of carbonyl (C=O) groups is 4. The molecule has 0 radical (unpaired) electrons. The van der Waals surface area contributed by atoms with Crippen molar-refractivity contribution >= 4 is 23.6 Å². The van der Waals surface area contributed by atoms with Gasteiger partial charge in [0.25, 0.3) is 11.8 Å². The van der Waals surface area contributed by atoms with Crippen molar-refractivity contribution in [2.24, 2.45) is 0 Å². The minimum absolute atomic E-state index is 0.00489. The SMILES string of the molecule is [2H]c1cc2c(c([2H])c1[2H])C(=O)N(C1CCC(=O)NC1=O)C2=O. The van der Waals surface area contributed by atoms with Crippen molar-refractivity contribution in [1.29, 1.82) is 0 Å². The van der Waals surface area contributed by atoms with Crippen LogP contribution in [0.5, 0.6) is 0 Å². The zero-order valence-corrected chi connectivity index (χ0v) is 9.65. The van der Waals surface area contributed by atoms with Crippen LogP contribution in [0.4, 0.5) is 0 Å². The lowest BCUT2D eigenvalue weighted by Crippen LogP contribution is -2.54. The Hall–Kier alpha value is -2.50. The molecule has 19 heavy (non-hydrogen) atoms. The maximum absolute atomic E-state index is 12.4. The van der Waals surface area contributed by atoms with E-state index in [-0.39, 0.29) is 30.0 Å². The molecule has 0 aromatic heterocycles. The number of piperidine rings is 1. The number of nitrogens with one attached hydrogen (secondary N) is 1. The average molecular weight is 261 g/mol. The first-order chi connectivity index (χ1) is 10.3. The molecule has 1 fully saturated rings. The highest BCUT2D eigenvalue weighted by Gasteiger charge is 2.44. The molecule has 1 atom stereocenters. The van der Waals surface area contributed by atoms with Crippen molar-refractivity contribution in [3.8, 4) is 0 Å². The molecule has 96 valence electrons. The summed E-state index contributed by atoms with van der Waals surface area (Å²) in [5.41, 5.74) is -0.420. The van der Waals surface area contributed by atoms with E-state index in [0.717, 1.165) is 6.07 Å². The van der Waals surface area contributed by atoms with Gasteiger partial charge < -0.3 is 0 Å². The van der Waals surface area contributed by atoms with Crippen molar-refractivity contribution in [3.63, 3.8) is 0 Å². The van der Waals surface area contributed by atoms with E-state index in [9.17, 15) is 19.2 Å². The van der Waals surface area contributed by atoms with Gasteiger partial charge in [-0.05, 0) is 18.5 Å². The second kappa shape index (κ2) is 4.01. The molecule has 1 N–H and O–H groups in total. The summed E-state index contributed by atoms with van der Waals surface area (Å²) in [6.45, 7) is 0. The van der Waals surface area contributed by atoms with Crippen molar-refractivity contribution < 1.29 is 23.3 Å². The highest BCUT2D eigenvalue weighted by molar-refractivity contribution is 6.23. The zero-order chi connectivity index (χ0) is 16.2. The van der Waals surface area contributed by atoms with Crippen LogP contribution in [0, 0.1) is 0 Å². The largest absolute Gasteiger partial charge is 0.295 e. The Morgan fingerprint density at radius 3 is 2.63 bits per heavy atom. The minimum Gasteiger partial charge on any atom is -0.295 e. The molecule has 2 aliphatic heterocycles. The summed E-state index contributed by atoms with van der Waals surface area (Å²) in [7, 11) is 0. The molecule has 1 aromatic carbocycles.